The number of carbonyl (C=O) groups is 1. The highest BCUT2D eigenvalue weighted by atomic mass is 16.4. The third-order valence-corrected chi connectivity index (χ3v) is 3.66. The molecule has 0 radical (unpaired) electrons. The van der Waals surface area contributed by atoms with E-state index in [1.165, 1.54) is 0 Å². The number of carboxylic acid groups (broad SMARTS) is 1. The molecule has 0 aliphatic carbocycles. The first kappa shape index (κ1) is 13.7. The maximum absolute atomic E-state index is 10.6. The van der Waals surface area contributed by atoms with Crippen molar-refractivity contribution in [3.8, 4) is 0 Å². The van der Waals surface area contributed by atoms with Gasteiger partial charge in [0.25, 0.3) is 0 Å². The minimum atomic E-state index is -0.743. The lowest BCUT2D eigenvalue weighted by molar-refractivity contribution is -0.137. The molecule has 3 rings (SSSR count). The highest BCUT2D eigenvalue weighted by molar-refractivity contribution is 5.71. The molecule has 7 nitrogen and oxygen atoms in total. The van der Waals surface area contributed by atoms with Crippen LogP contribution in [0.2, 0.25) is 0 Å². The molecule has 1 fully saturated rings. The fraction of sp³-hybridized carbons (Fsp3) is 0.429. The van der Waals surface area contributed by atoms with Gasteiger partial charge in [-0.1, -0.05) is 0 Å². The fourth-order valence-corrected chi connectivity index (χ4v) is 2.47. The number of piperazine rings is 1. The van der Waals surface area contributed by atoms with Gasteiger partial charge in [0.1, 0.15) is 11.3 Å². The number of rotatable bonds is 4. The molecule has 1 aliphatic rings. The molecule has 0 bridgehead atoms. The van der Waals surface area contributed by atoms with Gasteiger partial charge in [0.2, 0.25) is 0 Å². The maximum Gasteiger partial charge on any atom is 0.304 e. The lowest BCUT2D eigenvalue weighted by atomic mass is 10.2. The van der Waals surface area contributed by atoms with E-state index in [1.54, 1.807) is 12.4 Å². The van der Waals surface area contributed by atoms with E-state index in [0.717, 1.165) is 37.5 Å². The van der Waals surface area contributed by atoms with Gasteiger partial charge >= 0.3 is 5.97 Å². The molecule has 21 heavy (non-hydrogen) atoms. The summed E-state index contributed by atoms with van der Waals surface area (Å²) in [6.45, 7) is 4.01. The van der Waals surface area contributed by atoms with Crippen LogP contribution in [-0.2, 0) is 4.79 Å². The molecule has 1 N–H and O–H groups in total. The minimum Gasteiger partial charge on any atom is -0.481 e. The molecule has 0 amide bonds. The summed E-state index contributed by atoms with van der Waals surface area (Å²) >= 11 is 0. The Hall–Kier alpha value is -2.28. The van der Waals surface area contributed by atoms with Crippen molar-refractivity contribution >= 4 is 23.0 Å². The van der Waals surface area contributed by atoms with E-state index in [2.05, 4.69) is 24.8 Å². The van der Waals surface area contributed by atoms with Gasteiger partial charge in [0.05, 0.1) is 6.42 Å². The van der Waals surface area contributed by atoms with Gasteiger partial charge in [0.15, 0.2) is 5.65 Å². The molecule has 7 heteroatoms. The van der Waals surface area contributed by atoms with Crippen LogP contribution in [0.1, 0.15) is 6.42 Å². The average molecular weight is 287 g/mol. The van der Waals surface area contributed by atoms with Crippen LogP contribution in [0.3, 0.4) is 0 Å². The number of pyridine rings is 1. The van der Waals surface area contributed by atoms with Crippen molar-refractivity contribution in [2.45, 2.75) is 6.42 Å². The van der Waals surface area contributed by atoms with E-state index in [9.17, 15) is 4.79 Å². The molecule has 2 aromatic rings. The predicted octanol–water partition coefficient (Wildman–Crippen LogP) is 0.621. The zero-order valence-electron chi connectivity index (χ0n) is 11.6. The first-order valence-electron chi connectivity index (χ1n) is 6.99. The summed E-state index contributed by atoms with van der Waals surface area (Å²) in [6.07, 6.45) is 3.50. The van der Waals surface area contributed by atoms with Crippen LogP contribution in [-0.4, -0.2) is 63.7 Å². The van der Waals surface area contributed by atoms with E-state index in [1.807, 2.05) is 12.1 Å². The van der Waals surface area contributed by atoms with Gasteiger partial charge in [0, 0.05) is 45.1 Å². The Morgan fingerprint density at radius 1 is 1.14 bits per heavy atom. The van der Waals surface area contributed by atoms with Crippen molar-refractivity contribution in [1.82, 2.24) is 19.9 Å². The van der Waals surface area contributed by atoms with Crippen molar-refractivity contribution in [2.24, 2.45) is 0 Å². The Balaban J connectivity index is 1.64. The molecule has 2 aromatic heterocycles. The second-order valence-corrected chi connectivity index (χ2v) is 5.04. The van der Waals surface area contributed by atoms with Crippen LogP contribution in [0.15, 0.2) is 24.5 Å². The number of carboxylic acids is 1. The summed E-state index contributed by atoms with van der Waals surface area (Å²) in [5.41, 5.74) is 1.45. The van der Waals surface area contributed by atoms with Crippen LogP contribution in [0, 0.1) is 0 Å². The van der Waals surface area contributed by atoms with E-state index in [4.69, 9.17) is 5.11 Å². The monoisotopic (exact) mass is 287 g/mol. The fourth-order valence-electron chi connectivity index (χ4n) is 2.47. The van der Waals surface area contributed by atoms with Crippen LogP contribution in [0.5, 0.6) is 0 Å². The average Bonchev–Trinajstić information content (AvgIpc) is 2.53. The third-order valence-electron chi connectivity index (χ3n) is 3.66. The Kier molecular flexibility index (Phi) is 3.92. The maximum atomic E-state index is 10.6. The van der Waals surface area contributed by atoms with Crippen LogP contribution in [0.25, 0.3) is 11.2 Å². The summed E-state index contributed by atoms with van der Waals surface area (Å²) in [4.78, 5) is 27.9. The molecular formula is C14H17N5O2. The third kappa shape index (κ3) is 3.25. The van der Waals surface area contributed by atoms with Crippen LogP contribution in [0.4, 0.5) is 5.82 Å². The number of hydrogen-bond donors (Lipinski definition) is 1. The van der Waals surface area contributed by atoms with Gasteiger partial charge in [-0.05, 0) is 12.1 Å². The number of nitrogens with zero attached hydrogens (tertiary/aromatic N) is 5. The predicted molar refractivity (Wildman–Crippen MR) is 78.2 cm³/mol. The number of anilines is 1. The van der Waals surface area contributed by atoms with Crippen molar-refractivity contribution in [2.75, 3.05) is 37.6 Å². The second-order valence-electron chi connectivity index (χ2n) is 5.04. The zero-order chi connectivity index (χ0) is 14.7. The Bertz CT molecular complexity index is 640. The standard InChI is InChI=1S/C14H17N5O2/c20-13(21)3-6-18-7-9-19(10-8-18)12-2-1-11-14(17-12)16-5-4-15-11/h1-2,4-5H,3,6-10H2,(H,20,21). The van der Waals surface area contributed by atoms with E-state index in [0.29, 0.717) is 12.2 Å². The van der Waals surface area contributed by atoms with Crippen LogP contribution < -0.4 is 4.90 Å². The second kappa shape index (κ2) is 6.01. The molecule has 0 saturated carbocycles. The molecular weight excluding hydrogens is 270 g/mol. The molecule has 0 atom stereocenters. The summed E-state index contributed by atoms with van der Waals surface area (Å²) in [7, 11) is 0. The Labute approximate surface area is 122 Å². The molecule has 110 valence electrons. The molecule has 0 spiro atoms. The first-order chi connectivity index (χ1) is 10.2. The van der Waals surface area contributed by atoms with Gasteiger partial charge in [-0.15, -0.1) is 0 Å². The molecule has 0 aromatic carbocycles. The minimum absolute atomic E-state index is 0.198. The van der Waals surface area contributed by atoms with E-state index in [-0.39, 0.29) is 6.42 Å². The molecule has 1 saturated heterocycles. The van der Waals surface area contributed by atoms with Crippen molar-refractivity contribution in [3.05, 3.63) is 24.5 Å². The summed E-state index contributed by atoms with van der Waals surface area (Å²) in [6, 6.07) is 3.89. The van der Waals surface area contributed by atoms with Crippen molar-refractivity contribution < 1.29 is 9.90 Å². The van der Waals surface area contributed by atoms with E-state index < -0.39 is 5.97 Å². The van der Waals surface area contributed by atoms with Gasteiger partial charge in [-0.2, -0.15) is 0 Å². The smallest absolute Gasteiger partial charge is 0.304 e. The number of hydrogen-bond acceptors (Lipinski definition) is 6. The largest absolute Gasteiger partial charge is 0.481 e. The topological polar surface area (TPSA) is 82.5 Å². The van der Waals surface area contributed by atoms with Gasteiger partial charge in [-0.3, -0.25) is 14.7 Å². The highest BCUT2D eigenvalue weighted by Gasteiger charge is 2.18. The first-order valence-corrected chi connectivity index (χ1v) is 6.99. The highest BCUT2D eigenvalue weighted by Crippen LogP contribution is 2.16. The molecule has 1 aliphatic heterocycles. The van der Waals surface area contributed by atoms with Crippen LogP contribution >= 0.6 is 0 Å². The summed E-state index contributed by atoms with van der Waals surface area (Å²) in [5.74, 6) is 0.160. The zero-order valence-corrected chi connectivity index (χ0v) is 11.6. The normalized spacial score (nSPS) is 16.3. The van der Waals surface area contributed by atoms with Crippen molar-refractivity contribution in [1.29, 1.82) is 0 Å². The Morgan fingerprint density at radius 2 is 1.90 bits per heavy atom. The summed E-state index contributed by atoms with van der Waals surface area (Å²) in [5, 5.41) is 8.71. The van der Waals surface area contributed by atoms with Crippen molar-refractivity contribution in [3.63, 3.8) is 0 Å². The summed E-state index contributed by atoms with van der Waals surface area (Å²) < 4.78 is 0. The Morgan fingerprint density at radius 3 is 2.67 bits per heavy atom. The molecule has 0 unspecified atom stereocenters. The van der Waals surface area contributed by atoms with Gasteiger partial charge in [-0.25, -0.2) is 9.97 Å². The lowest BCUT2D eigenvalue weighted by Gasteiger charge is -2.35. The number of aliphatic carboxylic acids is 1. The van der Waals surface area contributed by atoms with Gasteiger partial charge < -0.3 is 10.0 Å². The number of aromatic nitrogens is 3. The quantitative estimate of drug-likeness (QED) is 0.882. The van der Waals surface area contributed by atoms with E-state index >= 15 is 0 Å². The number of fused-ring (bicyclic) bond motifs is 1. The SMILES string of the molecule is O=C(O)CCN1CCN(c2ccc3nccnc3n2)CC1. The lowest BCUT2D eigenvalue weighted by Crippen LogP contribution is -2.47. The molecule has 3 heterocycles.